The van der Waals surface area contributed by atoms with Gasteiger partial charge in [0.25, 0.3) is 0 Å². The van der Waals surface area contributed by atoms with Gasteiger partial charge in [-0.3, -0.25) is 9.48 Å². The Bertz CT molecular complexity index is 712. The van der Waals surface area contributed by atoms with Gasteiger partial charge in [0.05, 0.1) is 18.2 Å². The minimum atomic E-state index is -0.0541. The lowest BCUT2D eigenvalue weighted by atomic mass is 9.90. The van der Waals surface area contributed by atoms with Crippen LogP contribution in [-0.2, 0) is 11.8 Å². The molecule has 2 aromatic rings. The highest BCUT2D eigenvalue weighted by atomic mass is 32.2. The Morgan fingerprint density at radius 2 is 2.16 bits per heavy atom. The fraction of sp³-hybridized carbons (Fsp3) is 0.474. The van der Waals surface area contributed by atoms with Gasteiger partial charge in [-0.05, 0) is 35.9 Å². The zero-order valence-electron chi connectivity index (χ0n) is 15.0. The third-order valence-corrected chi connectivity index (χ3v) is 5.65. The number of thioether (sulfide) groups is 1. The normalized spacial score (nSPS) is 21.2. The summed E-state index contributed by atoms with van der Waals surface area (Å²) in [6, 6.07) is 8.47. The third-order valence-electron chi connectivity index (χ3n) is 4.75. The molecule has 1 aromatic carbocycles. The molecule has 0 saturated carbocycles. The van der Waals surface area contributed by atoms with Crippen molar-refractivity contribution in [3.8, 4) is 0 Å². The van der Waals surface area contributed by atoms with Crippen LogP contribution < -0.4 is 10.6 Å². The Morgan fingerprint density at radius 3 is 2.80 bits per heavy atom. The summed E-state index contributed by atoms with van der Waals surface area (Å²) in [5.41, 5.74) is 2.26. The zero-order valence-corrected chi connectivity index (χ0v) is 15.8. The van der Waals surface area contributed by atoms with Crippen molar-refractivity contribution in [3.05, 3.63) is 47.8 Å². The quantitative estimate of drug-likeness (QED) is 0.780. The van der Waals surface area contributed by atoms with E-state index in [0.29, 0.717) is 6.54 Å². The van der Waals surface area contributed by atoms with Gasteiger partial charge in [0, 0.05) is 37.1 Å². The van der Waals surface area contributed by atoms with Crippen LogP contribution in [0, 0.1) is 5.92 Å². The average molecular weight is 359 g/mol. The molecular weight excluding hydrogens is 332 g/mol. The molecule has 5 nitrogen and oxygen atoms in total. The smallest absolute Gasteiger partial charge is 0.225 e. The number of aromatic nitrogens is 2. The predicted molar refractivity (Wildman–Crippen MR) is 102 cm³/mol. The molecule has 1 aliphatic rings. The van der Waals surface area contributed by atoms with Crippen molar-refractivity contribution in [1.82, 2.24) is 20.4 Å². The first kappa shape index (κ1) is 18.0. The largest absolute Gasteiger partial charge is 0.349 e. The maximum Gasteiger partial charge on any atom is 0.225 e. The maximum atomic E-state index is 12.8. The van der Waals surface area contributed by atoms with Crippen molar-refractivity contribution < 1.29 is 4.79 Å². The van der Waals surface area contributed by atoms with Crippen molar-refractivity contribution in [1.29, 1.82) is 0 Å². The minimum Gasteiger partial charge on any atom is -0.349 e. The van der Waals surface area contributed by atoms with Crippen LogP contribution in [0.15, 0.2) is 41.6 Å². The van der Waals surface area contributed by atoms with Gasteiger partial charge in [0.2, 0.25) is 5.91 Å². The van der Waals surface area contributed by atoms with E-state index in [-0.39, 0.29) is 23.8 Å². The number of benzene rings is 1. The molecule has 0 bridgehead atoms. The monoisotopic (exact) mass is 358 g/mol. The molecule has 6 heteroatoms. The van der Waals surface area contributed by atoms with E-state index in [1.165, 1.54) is 4.90 Å². The van der Waals surface area contributed by atoms with Crippen molar-refractivity contribution in [3.63, 3.8) is 0 Å². The minimum absolute atomic E-state index is 0.00308. The highest BCUT2D eigenvalue weighted by Gasteiger charge is 2.35. The highest BCUT2D eigenvalue weighted by molar-refractivity contribution is 7.99. The lowest BCUT2D eigenvalue weighted by Crippen LogP contribution is -2.35. The standard InChI is InChI=1S/C19H26N4OS/c1-4-25-16-7-5-14(6-8-16)13(2)22-19(24)18-11-20-10-17(18)15-9-21-23(3)12-15/h5-9,12-13,17-18,20H,4,10-11H2,1-3H3,(H,22,24)/t13?,17-,18+/m1/s1. The van der Waals surface area contributed by atoms with Crippen LogP contribution in [0.25, 0.3) is 0 Å². The number of rotatable bonds is 6. The number of aryl methyl sites for hydroxylation is 1. The Morgan fingerprint density at radius 1 is 1.40 bits per heavy atom. The Balaban J connectivity index is 1.64. The van der Waals surface area contributed by atoms with Crippen molar-refractivity contribution in [2.24, 2.45) is 13.0 Å². The Hall–Kier alpha value is -1.79. The van der Waals surface area contributed by atoms with Crippen molar-refractivity contribution in [2.45, 2.75) is 30.7 Å². The second kappa shape index (κ2) is 8.06. The summed E-state index contributed by atoms with van der Waals surface area (Å²) in [6.45, 7) is 5.72. The molecule has 2 N–H and O–H groups in total. The average Bonchev–Trinajstić information content (AvgIpc) is 3.24. The summed E-state index contributed by atoms with van der Waals surface area (Å²) in [6.07, 6.45) is 3.87. The van der Waals surface area contributed by atoms with Gasteiger partial charge in [-0.1, -0.05) is 19.1 Å². The van der Waals surface area contributed by atoms with Crippen LogP contribution in [0.2, 0.25) is 0 Å². The number of hydrogen-bond acceptors (Lipinski definition) is 4. The molecular formula is C19H26N4OS. The molecule has 0 aliphatic carbocycles. The van der Waals surface area contributed by atoms with E-state index in [1.807, 2.05) is 38.1 Å². The van der Waals surface area contributed by atoms with E-state index < -0.39 is 0 Å². The van der Waals surface area contributed by atoms with E-state index in [2.05, 4.69) is 46.9 Å². The molecule has 1 aliphatic heterocycles. The SMILES string of the molecule is CCSc1ccc(C(C)NC(=O)[C@H]2CNC[C@@H]2c2cnn(C)c2)cc1. The number of carbonyl (C=O) groups is 1. The molecule has 2 heterocycles. The fourth-order valence-electron chi connectivity index (χ4n) is 3.36. The first-order chi connectivity index (χ1) is 12.1. The lowest BCUT2D eigenvalue weighted by Gasteiger charge is -2.21. The van der Waals surface area contributed by atoms with Crippen molar-refractivity contribution in [2.75, 3.05) is 18.8 Å². The summed E-state index contributed by atoms with van der Waals surface area (Å²) >= 11 is 1.83. The van der Waals surface area contributed by atoms with Gasteiger partial charge in [-0.15, -0.1) is 11.8 Å². The van der Waals surface area contributed by atoms with E-state index >= 15 is 0 Å². The number of hydrogen-bond donors (Lipinski definition) is 2. The first-order valence-corrected chi connectivity index (χ1v) is 9.79. The van der Waals surface area contributed by atoms with Gasteiger partial charge < -0.3 is 10.6 Å². The van der Waals surface area contributed by atoms with Crippen LogP contribution >= 0.6 is 11.8 Å². The van der Waals surface area contributed by atoms with E-state index in [0.717, 1.165) is 23.4 Å². The first-order valence-electron chi connectivity index (χ1n) is 8.81. The van der Waals surface area contributed by atoms with E-state index in [4.69, 9.17) is 0 Å². The van der Waals surface area contributed by atoms with Gasteiger partial charge in [-0.2, -0.15) is 5.10 Å². The molecule has 3 rings (SSSR count). The van der Waals surface area contributed by atoms with Crippen LogP contribution in [-0.4, -0.2) is 34.5 Å². The second-order valence-electron chi connectivity index (χ2n) is 6.55. The van der Waals surface area contributed by atoms with Gasteiger partial charge in [0.15, 0.2) is 0 Å². The molecule has 25 heavy (non-hydrogen) atoms. The topological polar surface area (TPSA) is 59.0 Å². The molecule has 0 spiro atoms. The molecule has 3 atom stereocenters. The van der Waals surface area contributed by atoms with Crippen LogP contribution in [0.3, 0.4) is 0 Å². The molecule has 1 amide bonds. The maximum absolute atomic E-state index is 12.8. The third kappa shape index (κ3) is 4.25. The van der Waals surface area contributed by atoms with Gasteiger partial charge >= 0.3 is 0 Å². The van der Waals surface area contributed by atoms with Crippen molar-refractivity contribution >= 4 is 17.7 Å². The summed E-state index contributed by atoms with van der Waals surface area (Å²) in [5.74, 6) is 1.31. The molecule has 1 aromatic heterocycles. The number of amides is 1. The summed E-state index contributed by atoms with van der Waals surface area (Å²) < 4.78 is 1.79. The van der Waals surface area contributed by atoms with Crippen LogP contribution in [0.5, 0.6) is 0 Å². The summed E-state index contributed by atoms with van der Waals surface area (Å²) in [5, 5.41) is 10.8. The number of nitrogens with zero attached hydrogens (tertiary/aromatic N) is 2. The van der Waals surface area contributed by atoms with E-state index in [9.17, 15) is 4.79 Å². The zero-order chi connectivity index (χ0) is 17.8. The Labute approximate surface area is 153 Å². The molecule has 1 fully saturated rings. The summed E-state index contributed by atoms with van der Waals surface area (Å²) in [7, 11) is 1.91. The van der Waals surface area contributed by atoms with Gasteiger partial charge in [0.1, 0.15) is 0 Å². The summed E-state index contributed by atoms with van der Waals surface area (Å²) in [4.78, 5) is 14.1. The fourth-order valence-corrected chi connectivity index (χ4v) is 4.02. The molecule has 1 unspecified atom stereocenters. The Kier molecular flexibility index (Phi) is 5.81. The van der Waals surface area contributed by atoms with Crippen LogP contribution in [0.4, 0.5) is 0 Å². The molecule has 1 saturated heterocycles. The van der Waals surface area contributed by atoms with Crippen LogP contribution in [0.1, 0.15) is 36.9 Å². The van der Waals surface area contributed by atoms with E-state index in [1.54, 1.807) is 4.68 Å². The second-order valence-corrected chi connectivity index (χ2v) is 7.89. The molecule has 134 valence electrons. The lowest BCUT2D eigenvalue weighted by molar-refractivity contribution is -0.125. The molecule has 0 radical (unpaired) electrons. The van der Waals surface area contributed by atoms with Gasteiger partial charge in [-0.25, -0.2) is 0 Å². The number of carbonyl (C=O) groups excluding carboxylic acids is 1. The predicted octanol–water partition coefficient (Wildman–Crippen LogP) is 2.71. The number of nitrogens with one attached hydrogen (secondary N) is 2. The highest BCUT2D eigenvalue weighted by Crippen LogP contribution is 2.29.